The third kappa shape index (κ3) is 3.16. The van der Waals surface area contributed by atoms with Crippen molar-refractivity contribution in [3.8, 4) is 0 Å². The number of halogens is 1. The third-order valence-electron chi connectivity index (χ3n) is 4.18. The SMILES string of the molecule is C[C@@H](c1ccc(F)cc1)n1cc(C(=O)NC2CCCC2)nn1. The number of amides is 1. The Bertz CT molecular complexity index is 646. The minimum Gasteiger partial charge on any atom is -0.348 e. The highest BCUT2D eigenvalue weighted by Gasteiger charge is 2.20. The van der Waals surface area contributed by atoms with Crippen LogP contribution in [-0.2, 0) is 0 Å². The van der Waals surface area contributed by atoms with E-state index in [1.165, 1.54) is 25.0 Å². The van der Waals surface area contributed by atoms with Crippen LogP contribution >= 0.6 is 0 Å². The molecule has 3 rings (SSSR count). The summed E-state index contributed by atoms with van der Waals surface area (Å²) in [6.07, 6.45) is 6.04. The molecule has 5 nitrogen and oxygen atoms in total. The molecule has 1 aromatic heterocycles. The fraction of sp³-hybridized carbons (Fsp3) is 0.438. The summed E-state index contributed by atoms with van der Waals surface area (Å²) in [4.78, 5) is 12.1. The quantitative estimate of drug-likeness (QED) is 0.944. The fourth-order valence-electron chi connectivity index (χ4n) is 2.79. The van der Waals surface area contributed by atoms with Crippen LogP contribution in [0.1, 0.15) is 54.7 Å². The Kier molecular flexibility index (Phi) is 4.18. The van der Waals surface area contributed by atoms with E-state index in [0.717, 1.165) is 18.4 Å². The molecule has 1 atom stereocenters. The Morgan fingerprint density at radius 2 is 2.00 bits per heavy atom. The number of nitrogens with zero attached hydrogens (tertiary/aromatic N) is 3. The molecule has 1 saturated carbocycles. The second-order valence-corrected chi connectivity index (χ2v) is 5.77. The lowest BCUT2D eigenvalue weighted by atomic mass is 10.1. The van der Waals surface area contributed by atoms with Crippen LogP contribution in [-0.4, -0.2) is 26.9 Å². The number of hydrogen-bond acceptors (Lipinski definition) is 3. The predicted octanol–water partition coefficient (Wildman–Crippen LogP) is 2.70. The van der Waals surface area contributed by atoms with Crippen molar-refractivity contribution in [1.82, 2.24) is 20.3 Å². The van der Waals surface area contributed by atoms with Crippen molar-refractivity contribution >= 4 is 5.91 Å². The fourth-order valence-corrected chi connectivity index (χ4v) is 2.79. The average molecular weight is 302 g/mol. The molecule has 1 amide bonds. The summed E-state index contributed by atoms with van der Waals surface area (Å²) >= 11 is 0. The Morgan fingerprint density at radius 3 is 2.68 bits per heavy atom. The van der Waals surface area contributed by atoms with Gasteiger partial charge < -0.3 is 5.32 Å². The molecule has 0 radical (unpaired) electrons. The highest BCUT2D eigenvalue weighted by molar-refractivity contribution is 5.92. The molecular formula is C16H19FN4O. The molecule has 0 bridgehead atoms. The number of nitrogens with one attached hydrogen (secondary N) is 1. The second-order valence-electron chi connectivity index (χ2n) is 5.77. The van der Waals surface area contributed by atoms with Gasteiger partial charge in [-0.05, 0) is 37.5 Å². The Labute approximate surface area is 128 Å². The van der Waals surface area contributed by atoms with E-state index in [0.29, 0.717) is 5.69 Å². The van der Waals surface area contributed by atoms with Gasteiger partial charge in [-0.2, -0.15) is 0 Å². The van der Waals surface area contributed by atoms with Gasteiger partial charge in [-0.15, -0.1) is 5.10 Å². The maximum absolute atomic E-state index is 13.0. The minimum atomic E-state index is -0.272. The van der Waals surface area contributed by atoms with Gasteiger partial charge in [0.1, 0.15) is 5.82 Å². The molecule has 0 unspecified atom stereocenters. The summed E-state index contributed by atoms with van der Waals surface area (Å²) in [7, 11) is 0. The van der Waals surface area contributed by atoms with Crippen LogP contribution in [0, 0.1) is 5.82 Å². The van der Waals surface area contributed by atoms with Gasteiger partial charge in [0.25, 0.3) is 5.91 Å². The zero-order chi connectivity index (χ0) is 15.5. The maximum Gasteiger partial charge on any atom is 0.273 e. The molecular weight excluding hydrogens is 283 g/mol. The summed E-state index contributed by atoms with van der Waals surface area (Å²) in [5, 5.41) is 11.0. The minimum absolute atomic E-state index is 0.110. The van der Waals surface area contributed by atoms with E-state index in [9.17, 15) is 9.18 Å². The zero-order valence-corrected chi connectivity index (χ0v) is 12.5. The molecule has 1 heterocycles. The van der Waals surface area contributed by atoms with Gasteiger partial charge in [0.2, 0.25) is 0 Å². The van der Waals surface area contributed by atoms with Gasteiger partial charge in [-0.1, -0.05) is 30.2 Å². The highest BCUT2D eigenvalue weighted by Crippen LogP contribution is 2.19. The van der Waals surface area contributed by atoms with Crippen molar-refractivity contribution in [3.63, 3.8) is 0 Å². The lowest BCUT2D eigenvalue weighted by Gasteiger charge is -2.11. The van der Waals surface area contributed by atoms with Gasteiger partial charge in [-0.25, -0.2) is 9.07 Å². The van der Waals surface area contributed by atoms with Crippen LogP contribution in [0.5, 0.6) is 0 Å². The van der Waals surface area contributed by atoms with Crippen molar-refractivity contribution in [2.24, 2.45) is 0 Å². The summed E-state index contributed by atoms with van der Waals surface area (Å²) in [5.41, 5.74) is 1.23. The Balaban J connectivity index is 1.69. The van der Waals surface area contributed by atoms with E-state index in [4.69, 9.17) is 0 Å². The second kappa shape index (κ2) is 6.25. The van der Waals surface area contributed by atoms with E-state index in [-0.39, 0.29) is 23.8 Å². The summed E-state index contributed by atoms with van der Waals surface area (Å²) < 4.78 is 14.6. The number of carbonyl (C=O) groups is 1. The molecule has 1 aliphatic carbocycles. The smallest absolute Gasteiger partial charge is 0.273 e. The average Bonchev–Trinajstić information content (AvgIpc) is 3.18. The van der Waals surface area contributed by atoms with E-state index in [2.05, 4.69) is 15.6 Å². The molecule has 0 saturated heterocycles. The van der Waals surface area contributed by atoms with Crippen LogP contribution in [0.15, 0.2) is 30.5 Å². The molecule has 0 spiro atoms. The molecule has 116 valence electrons. The van der Waals surface area contributed by atoms with Crippen LogP contribution in [0.2, 0.25) is 0 Å². The first-order valence-electron chi connectivity index (χ1n) is 7.61. The molecule has 2 aromatic rings. The van der Waals surface area contributed by atoms with E-state index >= 15 is 0 Å². The van der Waals surface area contributed by atoms with Crippen molar-refractivity contribution in [3.05, 3.63) is 47.5 Å². The molecule has 1 aliphatic rings. The lowest BCUT2D eigenvalue weighted by molar-refractivity contribution is 0.0932. The summed E-state index contributed by atoms with van der Waals surface area (Å²) in [6.45, 7) is 1.93. The van der Waals surface area contributed by atoms with E-state index < -0.39 is 0 Å². The first kappa shape index (κ1) is 14.7. The molecule has 22 heavy (non-hydrogen) atoms. The van der Waals surface area contributed by atoms with Gasteiger partial charge in [0.05, 0.1) is 12.2 Å². The van der Waals surface area contributed by atoms with Gasteiger partial charge >= 0.3 is 0 Å². The van der Waals surface area contributed by atoms with Crippen LogP contribution in [0.3, 0.4) is 0 Å². The number of hydrogen-bond donors (Lipinski definition) is 1. The zero-order valence-electron chi connectivity index (χ0n) is 12.5. The topological polar surface area (TPSA) is 59.8 Å². The molecule has 0 aliphatic heterocycles. The monoisotopic (exact) mass is 302 g/mol. The van der Waals surface area contributed by atoms with Crippen LogP contribution in [0.4, 0.5) is 4.39 Å². The maximum atomic E-state index is 13.0. The predicted molar refractivity (Wildman–Crippen MR) is 80.0 cm³/mol. The van der Waals surface area contributed by atoms with Crippen molar-refractivity contribution in [1.29, 1.82) is 0 Å². The largest absolute Gasteiger partial charge is 0.348 e. The molecule has 1 aromatic carbocycles. The number of benzene rings is 1. The lowest BCUT2D eigenvalue weighted by Crippen LogP contribution is -2.32. The molecule has 1 N–H and O–H groups in total. The van der Waals surface area contributed by atoms with Gasteiger partial charge in [-0.3, -0.25) is 4.79 Å². The van der Waals surface area contributed by atoms with E-state index in [1.807, 2.05) is 6.92 Å². The number of aromatic nitrogens is 3. The number of rotatable bonds is 4. The van der Waals surface area contributed by atoms with Gasteiger partial charge in [0, 0.05) is 6.04 Å². The van der Waals surface area contributed by atoms with Gasteiger partial charge in [0.15, 0.2) is 5.69 Å². The van der Waals surface area contributed by atoms with Crippen LogP contribution in [0.25, 0.3) is 0 Å². The summed E-state index contributed by atoms with van der Waals surface area (Å²) in [6, 6.07) is 6.39. The molecule has 6 heteroatoms. The normalized spacial score (nSPS) is 16.6. The highest BCUT2D eigenvalue weighted by atomic mass is 19.1. The molecule has 1 fully saturated rings. The summed E-state index contributed by atoms with van der Waals surface area (Å²) in [5.74, 6) is -0.448. The van der Waals surface area contributed by atoms with Crippen molar-refractivity contribution in [2.45, 2.75) is 44.7 Å². The van der Waals surface area contributed by atoms with Crippen molar-refractivity contribution in [2.75, 3.05) is 0 Å². The third-order valence-corrected chi connectivity index (χ3v) is 4.18. The van der Waals surface area contributed by atoms with E-state index in [1.54, 1.807) is 23.0 Å². The Hall–Kier alpha value is -2.24. The first-order valence-corrected chi connectivity index (χ1v) is 7.61. The van der Waals surface area contributed by atoms with Crippen molar-refractivity contribution < 1.29 is 9.18 Å². The standard InChI is InChI=1S/C16H19FN4O/c1-11(12-6-8-13(17)9-7-12)21-10-15(19-20-21)16(22)18-14-4-2-3-5-14/h6-11,14H,2-5H2,1H3,(H,18,22)/t11-/m0/s1. The Morgan fingerprint density at radius 1 is 1.32 bits per heavy atom. The van der Waals surface area contributed by atoms with Crippen LogP contribution < -0.4 is 5.32 Å². The number of carbonyl (C=O) groups excluding carboxylic acids is 1. The first-order chi connectivity index (χ1) is 10.6.